The minimum atomic E-state index is 0.579. The van der Waals surface area contributed by atoms with Gasteiger partial charge in [-0.3, -0.25) is 0 Å². The van der Waals surface area contributed by atoms with Crippen LogP contribution in [0.5, 0.6) is 0 Å². The van der Waals surface area contributed by atoms with E-state index < -0.39 is 0 Å². The molecule has 4 heterocycles. The molecular weight excluding hydrogens is 691 g/mol. The highest BCUT2D eigenvalue weighted by Crippen LogP contribution is 2.40. The minimum Gasteiger partial charge on any atom is -0.456 e. The Kier molecular flexibility index (Phi) is 7.35. The van der Waals surface area contributed by atoms with Gasteiger partial charge in [-0.25, -0.2) is 24.9 Å². The lowest BCUT2D eigenvalue weighted by atomic mass is 9.98. The van der Waals surface area contributed by atoms with Crippen LogP contribution in [0.2, 0.25) is 0 Å². The average molecular weight is 720 g/mol. The third kappa shape index (κ3) is 5.41. The van der Waals surface area contributed by atoms with Gasteiger partial charge in [0.25, 0.3) is 0 Å². The number of fused-ring (bicyclic) bond motifs is 6. The van der Waals surface area contributed by atoms with Crippen molar-refractivity contribution in [3.63, 3.8) is 0 Å². The van der Waals surface area contributed by atoms with Gasteiger partial charge in [0.15, 0.2) is 28.9 Å². The van der Waals surface area contributed by atoms with E-state index in [1.807, 2.05) is 121 Å². The lowest BCUT2D eigenvalue weighted by Gasteiger charge is -2.09. The highest BCUT2D eigenvalue weighted by Gasteiger charge is 2.20. The van der Waals surface area contributed by atoms with Crippen molar-refractivity contribution >= 4 is 44.0 Å². The van der Waals surface area contributed by atoms with E-state index >= 15 is 0 Å². The van der Waals surface area contributed by atoms with E-state index in [2.05, 4.69) is 54.6 Å². The molecular formula is C49H29N5O2. The number of hydrogen-bond acceptors (Lipinski definition) is 7. The fraction of sp³-hybridized carbons (Fsp3) is 0. The molecule has 0 saturated heterocycles. The number of aromatic nitrogens is 5. The molecule has 0 radical (unpaired) electrons. The van der Waals surface area contributed by atoms with Crippen LogP contribution in [-0.2, 0) is 0 Å². The van der Waals surface area contributed by atoms with Gasteiger partial charge >= 0.3 is 0 Å². The molecule has 4 aromatic heterocycles. The molecule has 0 aliphatic rings. The summed E-state index contributed by atoms with van der Waals surface area (Å²) in [5, 5.41) is 3.02. The monoisotopic (exact) mass is 719 g/mol. The van der Waals surface area contributed by atoms with Crippen molar-refractivity contribution in [2.45, 2.75) is 0 Å². The summed E-state index contributed by atoms with van der Waals surface area (Å²) >= 11 is 0. The van der Waals surface area contributed by atoms with Crippen molar-refractivity contribution in [2.75, 3.05) is 0 Å². The van der Waals surface area contributed by atoms with Crippen LogP contribution in [0.25, 0.3) is 112 Å². The van der Waals surface area contributed by atoms with Crippen molar-refractivity contribution < 1.29 is 8.83 Å². The van der Waals surface area contributed by atoms with E-state index in [0.29, 0.717) is 28.9 Å². The second-order valence-corrected chi connectivity index (χ2v) is 13.6. The Bertz CT molecular complexity index is 3170. The molecule has 0 bridgehead atoms. The smallest absolute Gasteiger partial charge is 0.180 e. The molecule has 0 fully saturated rings. The number of rotatable bonds is 6. The summed E-state index contributed by atoms with van der Waals surface area (Å²) in [5.41, 5.74) is 11.3. The standard InChI is InChI=1S/C49H29N5O2/c1-4-13-31(14-5-1)43-45-44(38-19-10-11-21-39(38)56-45)51-46(50-43)34-25-23-30(24-26-34)36-20-12-22-40-42(36)37-28-27-35(29-41(37)55-40)49-53-47(32-15-6-2-7-16-32)52-48(54-49)33-17-8-3-9-18-33/h1-29H. The van der Waals surface area contributed by atoms with Gasteiger partial charge in [-0.2, -0.15) is 0 Å². The summed E-state index contributed by atoms with van der Waals surface area (Å²) in [6.07, 6.45) is 0. The first-order valence-corrected chi connectivity index (χ1v) is 18.4. The van der Waals surface area contributed by atoms with Crippen molar-refractivity contribution in [1.29, 1.82) is 0 Å². The predicted molar refractivity (Wildman–Crippen MR) is 223 cm³/mol. The molecule has 0 aliphatic heterocycles. The zero-order valence-electron chi connectivity index (χ0n) is 29.8. The highest BCUT2D eigenvalue weighted by atomic mass is 16.3. The maximum Gasteiger partial charge on any atom is 0.180 e. The molecule has 7 nitrogen and oxygen atoms in total. The van der Waals surface area contributed by atoms with Crippen LogP contribution in [0, 0.1) is 0 Å². The van der Waals surface area contributed by atoms with Gasteiger partial charge in [-0.05, 0) is 41.5 Å². The first-order chi connectivity index (χ1) is 27.7. The van der Waals surface area contributed by atoms with Gasteiger partial charge in [0.1, 0.15) is 28.0 Å². The van der Waals surface area contributed by atoms with Crippen LogP contribution in [0.4, 0.5) is 0 Å². The topological polar surface area (TPSA) is 90.7 Å². The van der Waals surface area contributed by atoms with Gasteiger partial charge in [0.05, 0.1) is 0 Å². The van der Waals surface area contributed by atoms with Gasteiger partial charge in [0, 0.05) is 44.0 Å². The first kappa shape index (κ1) is 31.7. The Hall–Kier alpha value is -7.77. The van der Waals surface area contributed by atoms with Gasteiger partial charge < -0.3 is 8.83 Å². The van der Waals surface area contributed by atoms with Gasteiger partial charge in [-0.15, -0.1) is 0 Å². The van der Waals surface area contributed by atoms with E-state index in [9.17, 15) is 0 Å². The van der Waals surface area contributed by atoms with Crippen LogP contribution in [0.3, 0.4) is 0 Å². The molecule has 0 spiro atoms. The fourth-order valence-corrected chi connectivity index (χ4v) is 7.45. The zero-order chi connectivity index (χ0) is 37.0. The summed E-state index contributed by atoms with van der Waals surface area (Å²) in [4.78, 5) is 24.8. The lowest BCUT2D eigenvalue weighted by Crippen LogP contribution is -2.00. The van der Waals surface area contributed by atoms with Crippen molar-refractivity contribution in [3.8, 4) is 67.9 Å². The number of para-hydroxylation sites is 1. The molecule has 0 saturated carbocycles. The molecule has 0 unspecified atom stereocenters. The number of nitrogens with zero attached hydrogens (tertiary/aromatic N) is 5. The van der Waals surface area contributed by atoms with Crippen LogP contribution >= 0.6 is 0 Å². The van der Waals surface area contributed by atoms with Gasteiger partial charge in [-0.1, -0.05) is 146 Å². The number of benzene rings is 7. The summed E-state index contributed by atoms with van der Waals surface area (Å²) in [6, 6.07) is 58.9. The minimum absolute atomic E-state index is 0.579. The molecule has 0 amide bonds. The van der Waals surface area contributed by atoms with E-state index in [4.69, 9.17) is 33.8 Å². The summed E-state index contributed by atoms with van der Waals surface area (Å²) in [6.45, 7) is 0. The Morgan fingerprint density at radius 2 is 0.857 bits per heavy atom. The van der Waals surface area contributed by atoms with Crippen LogP contribution in [0.1, 0.15) is 0 Å². The van der Waals surface area contributed by atoms with Crippen molar-refractivity contribution in [3.05, 3.63) is 176 Å². The van der Waals surface area contributed by atoms with E-state index in [0.717, 1.165) is 83.1 Å². The maximum atomic E-state index is 6.52. The fourth-order valence-electron chi connectivity index (χ4n) is 7.45. The van der Waals surface area contributed by atoms with Crippen molar-refractivity contribution in [1.82, 2.24) is 24.9 Å². The number of furan rings is 2. The van der Waals surface area contributed by atoms with E-state index in [1.165, 1.54) is 0 Å². The summed E-state index contributed by atoms with van der Waals surface area (Å²) in [5.74, 6) is 2.45. The quantitative estimate of drug-likeness (QED) is 0.169. The molecule has 7 heteroatoms. The first-order valence-electron chi connectivity index (χ1n) is 18.4. The Balaban J connectivity index is 0.994. The third-order valence-electron chi connectivity index (χ3n) is 10.2. The lowest BCUT2D eigenvalue weighted by molar-refractivity contribution is 0.667. The van der Waals surface area contributed by atoms with Crippen molar-refractivity contribution in [2.24, 2.45) is 0 Å². The summed E-state index contributed by atoms with van der Waals surface area (Å²) in [7, 11) is 0. The highest BCUT2D eigenvalue weighted by molar-refractivity contribution is 6.13. The molecule has 0 aliphatic carbocycles. The van der Waals surface area contributed by atoms with E-state index in [-0.39, 0.29) is 0 Å². The van der Waals surface area contributed by atoms with Gasteiger partial charge in [0.2, 0.25) is 0 Å². The maximum absolute atomic E-state index is 6.52. The predicted octanol–water partition coefficient (Wildman–Crippen LogP) is 12.5. The van der Waals surface area contributed by atoms with Crippen LogP contribution in [-0.4, -0.2) is 24.9 Å². The average Bonchev–Trinajstić information content (AvgIpc) is 3.85. The van der Waals surface area contributed by atoms with Crippen LogP contribution in [0.15, 0.2) is 185 Å². The molecule has 0 N–H and O–H groups in total. The normalized spacial score (nSPS) is 11.6. The summed E-state index contributed by atoms with van der Waals surface area (Å²) < 4.78 is 12.8. The Labute approximate surface area is 320 Å². The number of hydrogen-bond donors (Lipinski definition) is 0. The molecule has 56 heavy (non-hydrogen) atoms. The largest absolute Gasteiger partial charge is 0.456 e. The third-order valence-corrected chi connectivity index (χ3v) is 10.2. The van der Waals surface area contributed by atoms with Crippen LogP contribution < -0.4 is 0 Å². The second kappa shape index (κ2) is 13.0. The Morgan fingerprint density at radius 3 is 1.55 bits per heavy atom. The second-order valence-electron chi connectivity index (χ2n) is 13.6. The SMILES string of the molecule is c1ccc(-c2nc(-c3ccccc3)nc(-c3ccc4c(c3)oc3cccc(-c5ccc(-c6nc(-c7ccccc7)c7oc8ccccc8c7n6)cc5)c34)n2)cc1. The molecule has 0 atom stereocenters. The zero-order valence-corrected chi connectivity index (χ0v) is 29.8. The van der Waals surface area contributed by atoms with E-state index in [1.54, 1.807) is 0 Å². The Morgan fingerprint density at radius 1 is 0.321 bits per heavy atom. The molecule has 262 valence electrons. The molecule has 11 rings (SSSR count). The molecule has 11 aromatic rings. The molecule has 7 aromatic carbocycles.